The fourth-order valence-electron chi connectivity index (χ4n) is 2.20. The molecule has 0 spiro atoms. The summed E-state index contributed by atoms with van der Waals surface area (Å²) < 4.78 is 20.8. The summed E-state index contributed by atoms with van der Waals surface area (Å²) in [6.45, 7) is 4.30. The van der Waals surface area contributed by atoms with Crippen LogP contribution in [0.25, 0.3) is 0 Å². The third-order valence-corrected chi connectivity index (χ3v) is 5.40. The first kappa shape index (κ1) is 31.2. The Labute approximate surface area is 181 Å². The van der Waals surface area contributed by atoms with Crippen LogP contribution in [0.4, 0.5) is 0 Å². The molecule has 6 nitrogen and oxygen atoms in total. The van der Waals surface area contributed by atoms with E-state index in [1.807, 2.05) is 0 Å². The molecule has 0 aliphatic carbocycles. The number of rotatable bonds is 14. The van der Waals surface area contributed by atoms with Crippen molar-refractivity contribution >= 4 is 15.2 Å². The molecule has 0 saturated carbocycles. The van der Waals surface area contributed by atoms with Crippen molar-refractivity contribution < 1.29 is 64.3 Å². The minimum atomic E-state index is -3.72. The first-order chi connectivity index (χ1) is 11.1. The summed E-state index contributed by atoms with van der Waals surface area (Å²) in [6, 6.07) is 0. The monoisotopic (exact) mass is 527 g/mol. The summed E-state index contributed by atoms with van der Waals surface area (Å²) in [6.07, 6.45) is 12.8. The maximum Gasteiger partial charge on any atom is 3.00 e. The van der Waals surface area contributed by atoms with Crippen LogP contribution >= 0.6 is 15.2 Å². The average molecular weight is 527 g/mol. The van der Waals surface area contributed by atoms with Gasteiger partial charge in [0.25, 0.3) is 0 Å². The van der Waals surface area contributed by atoms with Crippen molar-refractivity contribution in [1.82, 2.24) is 0 Å². The summed E-state index contributed by atoms with van der Waals surface area (Å²) in [5.74, 6) is 0. The van der Waals surface area contributed by atoms with Gasteiger partial charge in [-0.3, -0.25) is 9.13 Å². The fourth-order valence-corrected chi connectivity index (χ4v) is 3.47. The van der Waals surface area contributed by atoms with Crippen molar-refractivity contribution in [3.63, 3.8) is 0 Å². The van der Waals surface area contributed by atoms with Crippen LogP contribution in [0.2, 0.25) is 0 Å². The number of hydrogen-bond donors (Lipinski definition) is 4. The van der Waals surface area contributed by atoms with Crippen LogP contribution in [0.1, 0.15) is 90.9 Å². The van der Waals surface area contributed by atoms with Gasteiger partial charge in [-0.15, -0.1) is 0 Å². The molecule has 9 heteroatoms. The van der Waals surface area contributed by atoms with E-state index in [9.17, 15) is 9.13 Å². The van der Waals surface area contributed by atoms with Crippen molar-refractivity contribution in [3.05, 3.63) is 0 Å². The average Bonchev–Trinajstić information content (AvgIpc) is 2.45. The molecule has 0 rings (SSSR count). The van der Waals surface area contributed by atoms with Gasteiger partial charge in [0.2, 0.25) is 0 Å². The van der Waals surface area contributed by atoms with Crippen LogP contribution < -0.4 is 0 Å². The van der Waals surface area contributed by atoms with E-state index >= 15 is 0 Å². The van der Waals surface area contributed by atoms with Gasteiger partial charge in [0.05, 0.1) is 0 Å². The van der Waals surface area contributed by atoms with Gasteiger partial charge < -0.3 is 19.6 Å². The Bertz CT molecular complexity index is 323. The molecule has 4 N–H and O–H groups in total. The van der Waals surface area contributed by atoms with E-state index in [-0.39, 0.29) is 47.9 Å². The summed E-state index contributed by atoms with van der Waals surface area (Å²) >= 11 is 0. The third-order valence-electron chi connectivity index (χ3n) is 3.61. The standard InChI is InChI=1S/2C8H19O3P.La/c2*1-2-3-4-5-6-7-8-12(9,10)11;/h2*2-8H2,1H3,(H2,9,10,11);/q;;+3. The first-order valence-corrected chi connectivity index (χ1v) is 12.8. The van der Waals surface area contributed by atoms with E-state index in [0.29, 0.717) is 12.8 Å². The molecule has 0 saturated heterocycles. The molecule has 0 atom stereocenters. The molecular weight excluding hydrogens is 489 g/mol. The van der Waals surface area contributed by atoms with Crippen LogP contribution in [0.5, 0.6) is 0 Å². The summed E-state index contributed by atoms with van der Waals surface area (Å²) in [5, 5.41) is 0. The molecule has 0 aliphatic heterocycles. The van der Waals surface area contributed by atoms with E-state index in [2.05, 4.69) is 13.8 Å². The van der Waals surface area contributed by atoms with Crippen LogP contribution in [-0.2, 0) is 9.13 Å². The van der Waals surface area contributed by atoms with E-state index in [4.69, 9.17) is 19.6 Å². The Morgan fingerprint density at radius 3 is 1.00 bits per heavy atom. The zero-order valence-corrected chi connectivity index (χ0v) is 21.4. The van der Waals surface area contributed by atoms with Gasteiger partial charge >= 0.3 is 50.8 Å². The summed E-state index contributed by atoms with van der Waals surface area (Å²) in [4.78, 5) is 34.1. The molecule has 0 unspecified atom stereocenters. The van der Waals surface area contributed by atoms with Crippen molar-refractivity contribution in [3.8, 4) is 0 Å². The molecule has 148 valence electrons. The van der Waals surface area contributed by atoms with E-state index < -0.39 is 15.2 Å². The maximum atomic E-state index is 10.4. The zero-order valence-electron chi connectivity index (χ0n) is 16.0. The second kappa shape index (κ2) is 20.2. The van der Waals surface area contributed by atoms with Crippen molar-refractivity contribution in [2.45, 2.75) is 90.9 Å². The molecule has 0 radical (unpaired) electrons. The normalized spacial score (nSPS) is 11.4. The fraction of sp³-hybridized carbons (Fsp3) is 1.00. The zero-order chi connectivity index (χ0) is 18.9. The first-order valence-electron chi connectivity index (χ1n) is 9.21. The molecular formula is C16H38LaO6P2+3. The molecule has 0 fully saturated rings. The SMILES string of the molecule is CCCCCCCCP(=O)(O)O.CCCCCCCCP(=O)(O)O.[La+3]. The summed E-state index contributed by atoms with van der Waals surface area (Å²) in [7, 11) is -7.44. The Morgan fingerprint density at radius 2 is 0.760 bits per heavy atom. The Morgan fingerprint density at radius 1 is 0.520 bits per heavy atom. The number of hydrogen-bond acceptors (Lipinski definition) is 2. The third kappa shape index (κ3) is 37.0. The minimum absolute atomic E-state index is 0. The van der Waals surface area contributed by atoms with Gasteiger partial charge in [0.1, 0.15) is 0 Å². The van der Waals surface area contributed by atoms with Gasteiger partial charge in [-0.05, 0) is 12.8 Å². The van der Waals surface area contributed by atoms with Crippen molar-refractivity contribution in [2.24, 2.45) is 0 Å². The van der Waals surface area contributed by atoms with Crippen LogP contribution in [-0.4, -0.2) is 31.9 Å². The molecule has 0 aliphatic rings. The Kier molecular flexibility index (Phi) is 25.3. The minimum Gasteiger partial charge on any atom is -0.324 e. The molecule has 0 aromatic rings. The van der Waals surface area contributed by atoms with Gasteiger partial charge in [0.15, 0.2) is 0 Å². The molecule has 25 heavy (non-hydrogen) atoms. The smallest absolute Gasteiger partial charge is 0.324 e. The van der Waals surface area contributed by atoms with E-state index in [1.165, 1.54) is 38.5 Å². The Balaban J connectivity index is -0.000000372. The molecule has 0 heterocycles. The predicted molar refractivity (Wildman–Crippen MR) is 101 cm³/mol. The van der Waals surface area contributed by atoms with Crippen LogP contribution in [0.3, 0.4) is 0 Å². The maximum absolute atomic E-state index is 10.4. The van der Waals surface area contributed by atoms with Crippen molar-refractivity contribution in [2.75, 3.05) is 12.3 Å². The van der Waals surface area contributed by atoms with Gasteiger partial charge in [-0.25, -0.2) is 0 Å². The quantitative estimate of drug-likeness (QED) is 0.186. The van der Waals surface area contributed by atoms with Gasteiger partial charge in [0, 0.05) is 12.3 Å². The molecule has 0 bridgehead atoms. The molecule has 0 aromatic heterocycles. The predicted octanol–water partition coefficient (Wildman–Crippen LogP) is 5.05. The molecule has 0 amide bonds. The van der Waals surface area contributed by atoms with Gasteiger partial charge in [-0.1, -0.05) is 78.1 Å². The van der Waals surface area contributed by atoms with Gasteiger partial charge in [-0.2, -0.15) is 0 Å². The Hall–Kier alpha value is 1.49. The second-order valence-corrected chi connectivity index (χ2v) is 9.87. The molecule has 0 aromatic carbocycles. The van der Waals surface area contributed by atoms with Crippen LogP contribution in [0.15, 0.2) is 0 Å². The number of unbranched alkanes of at least 4 members (excludes halogenated alkanes) is 10. The van der Waals surface area contributed by atoms with Crippen LogP contribution in [0, 0.1) is 35.6 Å². The summed E-state index contributed by atoms with van der Waals surface area (Å²) in [5.41, 5.74) is 0. The van der Waals surface area contributed by atoms with E-state index in [1.54, 1.807) is 0 Å². The van der Waals surface area contributed by atoms with Crippen molar-refractivity contribution in [1.29, 1.82) is 0 Å². The second-order valence-electron chi connectivity index (χ2n) is 6.31. The topological polar surface area (TPSA) is 115 Å². The van der Waals surface area contributed by atoms with E-state index in [0.717, 1.165) is 25.7 Å². The largest absolute Gasteiger partial charge is 3.00 e.